The van der Waals surface area contributed by atoms with Crippen molar-refractivity contribution in [2.45, 2.75) is 71.4 Å². The Kier molecular flexibility index (Phi) is 8.44. The highest BCUT2D eigenvalue weighted by Gasteiger charge is 2.17. The molecule has 2 aromatic carbocycles. The average Bonchev–Trinajstić information content (AvgIpc) is 2.71. The zero-order chi connectivity index (χ0) is 21.3. The fraction of sp³-hybridized carbons (Fsp3) is 0.480. The van der Waals surface area contributed by atoms with E-state index in [-0.39, 0.29) is 11.9 Å². The van der Waals surface area contributed by atoms with Gasteiger partial charge in [0.25, 0.3) is 5.91 Å². The maximum atomic E-state index is 12.9. The van der Waals surface area contributed by atoms with Crippen LogP contribution in [0.2, 0.25) is 5.02 Å². The summed E-state index contributed by atoms with van der Waals surface area (Å²) < 4.78 is 11.7. The summed E-state index contributed by atoms with van der Waals surface area (Å²) in [6, 6.07) is 11.4. The van der Waals surface area contributed by atoms with E-state index in [1.165, 1.54) is 32.1 Å². The standard InChI is InChI=1S/C25H32ClNO3/c1-3-29-24-14-11-19(25(28)27-21-9-7-5-4-6-8-10-21)16-20(24)17-30-22-12-13-23(26)18(2)15-22/h11-16,21H,3-10,17H2,1-2H3,(H,27,28). The van der Waals surface area contributed by atoms with E-state index in [0.717, 1.165) is 35.5 Å². The zero-order valence-corrected chi connectivity index (χ0v) is 18.8. The van der Waals surface area contributed by atoms with Crippen LogP contribution in [0, 0.1) is 6.92 Å². The minimum atomic E-state index is -0.0211. The van der Waals surface area contributed by atoms with Crippen LogP contribution in [0.15, 0.2) is 36.4 Å². The Bertz CT molecular complexity index is 844. The zero-order valence-electron chi connectivity index (χ0n) is 18.0. The molecule has 162 valence electrons. The number of nitrogens with one attached hydrogen (secondary N) is 1. The number of rotatable bonds is 7. The molecular weight excluding hydrogens is 398 g/mol. The van der Waals surface area contributed by atoms with Crippen molar-refractivity contribution in [3.05, 3.63) is 58.1 Å². The number of hydrogen-bond donors (Lipinski definition) is 1. The van der Waals surface area contributed by atoms with Crippen LogP contribution >= 0.6 is 11.6 Å². The Morgan fingerprint density at radius 2 is 1.77 bits per heavy atom. The van der Waals surface area contributed by atoms with Crippen molar-refractivity contribution in [2.24, 2.45) is 0 Å². The summed E-state index contributed by atoms with van der Waals surface area (Å²) >= 11 is 6.10. The Hall–Kier alpha value is -2.20. The lowest BCUT2D eigenvalue weighted by Crippen LogP contribution is -2.35. The molecule has 2 aromatic rings. The van der Waals surface area contributed by atoms with Crippen molar-refractivity contribution in [1.82, 2.24) is 5.32 Å². The molecule has 4 nitrogen and oxygen atoms in total. The molecule has 1 amide bonds. The van der Waals surface area contributed by atoms with Crippen LogP contribution in [0.4, 0.5) is 0 Å². The molecule has 0 saturated heterocycles. The SMILES string of the molecule is CCOc1ccc(C(=O)NC2CCCCCCC2)cc1COc1ccc(Cl)c(C)c1. The minimum absolute atomic E-state index is 0.0211. The first-order valence-corrected chi connectivity index (χ1v) is 11.4. The smallest absolute Gasteiger partial charge is 0.251 e. The summed E-state index contributed by atoms with van der Waals surface area (Å²) in [5, 5.41) is 3.95. The quantitative estimate of drug-likeness (QED) is 0.548. The first-order valence-electron chi connectivity index (χ1n) is 11.0. The van der Waals surface area contributed by atoms with Gasteiger partial charge in [0, 0.05) is 22.2 Å². The molecule has 30 heavy (non-hydrogen) atoms. The third kappa shape index (κ3) is 6.40. The maximum Gasteiger partial charge on any atom is 0.251 e. The molecule has 0 atom stereocenters. The predicted molar refractivity (Wildman–Crippen MR) is 122 cm³/mol. The number of amides is 1. The Morgan fingerprint density at radius 1 is 1.03 bits per heavy atom. The molecular formula is C25H32ClNO3. The second kappa shape index (κ2) is 11.3. The minimum Gasteiger partial charge on any atom is -0.493 e. The van der Waals surface area contributed by atoms with Gasteiger partial charge in [0.2, 0.25) is 0 Å². The van der Waals surface area contributed by atoms with Gasteiger partial charge in [0.05, 0.1) is 6.61 Å². The number of halogens is 1. The molecule has 1 fully saturated rings. The highest BCUT2D eigenvalue weighted by atomic mass is 35.5. The second-order valence-electron chi connectivity index (χ2n) is 7.97. The second-order valence-corrected chi connectivity index (χ2v) is 8.38. The first kappa shape index (κ1) is 22.5. The highest BCUT2D eigenvalue weighted by molar-refractivity contribution is 6.31. The number of ether oxygens (including phenoxy) is 2. The normalized spacial score (nSPS) is 15.2. The summed E-state index contributed by atoms with van der Waals surface area (Å²) in [7, 11) is 0. The van der Waals surface area contributed by atoms with Gasteiger partial charge in [0.15, 0.2) is 0 Å². The Morgan fingerprint density at radius 3 is 2.47 bits per heavy atom. The molecule has 0 bridgehead atoms. The summed E-state index contributed by atoms with van der Waals surface area (Å²) in [4.78, 5) is 12.9. The van der Waals surface area contributed by atoms with Gasteiger partial charge < -0.3 is 14.8 Å². The highest BCUT2D eigenvalue weighted by Crippen LogP contribution is 2.26. The van der Waals surface area contributed by atoms with Gasteiger partial charge in [-0.15, -0.1) is 0 Å². The lowest BCUT2D eigenvalue weighted by atomic mass is 9.96. The lowest BCUT2D eigenvalue weighted by Gasteiger charge is -2.21. The van der Waals surface area contributed by atoms with Crippen LogP contribution in [0.5, 0.6) is 11.5 Å². The number of carbonyl (C=O) groups is 1. The summed E-state index contributed by atoms with van der Waals surface area (Å²) in [5.41, 5.74) is 2.47. The summed E-state index contributed by atoms with van der Waals surface area (Å²) in [6.45, 7) is 4.77. The van der Waals surface area contributed by atoms with Gasteiger partial charge in [-0.05, 0) is 68.7 Å². The maximum absolute atomic E-state index is 12.9. The van der Waals surface area contributed by atoms with Crippen molar-refractivity contribution >= 4 is 17.5 Å². The largest absolute Gasteiger partial charge is 0.493 e. The van der Waals surface area contributed by atoms with Gasteiger partial charge in [-0.25, -0.2) is 0 Å². The van der Waals surface area contributed by atoms with Gasteiger partial charge in [-0.2, -0.15) is 0 Å². The monoisotopic (exact) mass is 429 g/mol. The molecule has 1 saturated carbocycles. The van der Waals surface area contributed by atoms with E-state index < -0.39 is 0 Å². The summed E-state index contributed by atoms with van der Waals surface area (Å²) in [6.07, 6.45) is 8.35. The van der Waals surface area contributed by atoms with E-state index >= 15 is 0 Å². The van der Waals surface area contributed by atoms with Crippen molar-refractivity contribution in [3.63, 3.8) is 0 Å². The fourth-order valence-corrected chi connectivity index (χ4v) is 3.98. The fourth-order valence-electron chi connectivity index (χ4n) is 3.87. The average molecular weight is 430 g/mol. The predicted octanol–water partition coefficient (Wildman–Crippen LogP) is 6.47. The van der Waals surface area contributed by atoms with Gasteiger partial charge in [0.1, 0.15) is 18.1 Å². The van der Waals surface area contributed by atoms with Crippen molar-refractivity contribution < 1.29 is 14.3 Å². The van der Waals surface area contributed by atoms with E-state index in [4.69, 9.17) is 21.1 Å². The number of aryl methyl sites for hydroxylation is 1. The van der Waals surface area contributed by atoms with Crippen molar-refractivity contribution in [1.29, 1.82) is 0 Å². The van der Waals surface area contributed by atoms with Crippen LogP contribution in [0.1, 0.15) is 73.4 Å². The van der Waals surface area contributed by atoms with E-state index in [1.807, 2.05) is 50.2 Å². The summed E-state index contributed by atoms with van der Waals surface area (Å²) in [5.74, 6) is 1.46. The molecule has 1 N–H and O–H groups in total. The topological polar surface area (TPSA) is 47.6 Å². The Balaban J connectivity index is 1.70. The first-order chi connectivity index (χ1) is 14.6. The van der Waals surface area contributed by atoms with E-state index in [9.17, 15) is 4.79 Å². The molecule has 1 aliphatic rings. The molecule has 0 aliphatic heterocycles. The number of benzene rings is 2. The van der Waals surface area contributed by atoms with Crippen LogP contribution in [-0.4, -0.2) is 18.6 Å². The molecule has 5 heteroatoms. The van der Waals surface area contributed by atoms with Crippen molar-refractivity contribution in [3.8, 4) is 11.5 Å². The van der Waals surface area contributed by atoms with Crippen LogP contribution in [0.25, 0.3) is 0 Å². The Labute approximate surface area is 184 Å². The number of carbonyl (C=O) groups excluding carboxylic acids is 1. The molecule has 0 heterocycles. The molecule has 0 radical (unpaired) electrons. The lowest BCUT2D eigenvalue weighted by molar-refractivity contribution is 0.0930. The van der Waals surface area contributed by atoms with Crippen LogP contribution < -0.4 is 14.8 Å². The van der Waals surface area contributed by atoms with Gasteiger partial charge in [-0.1, -0.05) is 43.7 Å². The van der Waals surface area contributed by atoms with Gasteiger partial charge in [-0.3, -0.25) is 4.79 Å². The van der Waals surface area contributed by atoms with Crippen LogP contribution in [-0.2, 0) is 6.61 Å². The van der Waals surface area contributed by atoms with E-state index in [0.29, 0.717) is 23.8 Å². The molecule has 0 spiro atoms. The van der Waals surface area contributed by atoms with Gasteiger partial charge >= 0.3 is 0 Å². The molecule has 0 aromatic heterocycles. The molecule has 3 rings (SSSR count). The van der Waals surface area contributed by atoms with E-state index in [1.54, 1.807) is 0 Å². The molecule has 0 unspecified atom stereocenters. The third-order valence-corrected chi connectivity index (χ3v) is 6.01. The van der Waals surface area contributed by atoms with Crippen LogP contribution in [0.3, 0.4) is 0 Å². The number of hydrogen-bond acceptors (Lipinski definition) is 3. The third-order valence-electron chi connectivity index (χ3n) is 5.59. The van der Waals surface area contributed by atoms with E-state index in [2.05, 4.69) is 5.32 Å². The molecule has 1 aliphatic carbocycles. The van der Waals surface area contributed by atoms with Crippen molar-refractivity contribution in [2.75, 3.05) is 6.61 Å².